The summed E-state index contributed by atoms with van der Waals surface area (Å²) in [5.41, 5.74) is -0.674. The Balaban J connectivity index is 2.56. The van der Waals surface area contributed by atoms with Crippen molar-refractivity contribution in [2.75, 3.05) is 6.54 Å². The first-order valence-corrected chi connectivity index (χ1v) is 5.28. The van der Waals surface area contributed by atoms with E-state index in [1.807, 2.05) is 12.2 Å². The van der Waals surface area contributed by atoms with Crippen LogP contribution in [-0.4, -0.2) is 17.3 Å². The number of carbonyl (C=O) groups excluding carboxylic acids is 1. The third-order valence-corrected chi connectivity index (χ3v) is 2.54. The fraction of sp³-hybridized carbons (Fsp3) is 0.400. The zero-order valence-electron chi connectivity index (χ0n) is 7.91. The molecule has 1 aliphatic rings. The highest BCUT2D eigenvalue weighted by Crippen LogP contribution is 2.26. The quantitative estimate of drug-likeness (QED) is 0.772. The Kier molecular flexibility index (Phi) is 4.19. The highest BCUT2D eigenvalue weighted by molar-refractivity contribution is 6.53. The first-order chi connectivity index (χ1) is 7.09. The Labute approximate surface area is 98.3 Å². The van der Waals surface area contributed by atoms with Gasteiger partial charge in [-0.2, -0.15) is 5.26 Å². The maximum absolute atomic E-state index is 11.1. The Hall–Kier alpha value is -0.980. The van der Waals surface area contributed by atoms with Gasteiger partial charge in [-0.3, -0.25) is 4.79 Å². The van der Waals surface area contributed by atoms with E-state index in [1.54, 1.807) is 12.2 Å². The molecule has 0 bridgehead atoms. The van der Waals surface area contributed by atoms with E-state index in [2.05, 4.69) is 11.4 Å². The summed E-state index contributed by atoms with van der Waals surface area (Å²) in [6.45, 7) is 0.221. The van der Waals surface area contributed by atoms with Gasteiger partial charge in [0, 0.05) is 6.54 Å². The summed E-state index contributed by atoms with van der Waals surface area (Å²) < 4.78 is 0. The number of nitriles is 1. The molecule has 0 aliphatic heterocycles. The third-order valence-electron chi connectivity index (χ3n) is 2.14. The molecule has 1 amide bonds. The van der Waals surface area contributed by atoms with E-state index >= 15 is 0 Å². The summed E-state index contributed by atoms with van der Waals surface area (Å²) in [5.74, 6) is -0.476. The molecule has 15 heavy (non-hydrogen) atoms. The Morgan fingerprint density at radius 1 is 1.60 bits per heavy atom. The second-order valence-electron chi connectivity index (χ2n) is 3.28. The van der Waals surface area contributed by atoms with Gasteiger partial charge in [0.2, 0.25) is 0 Å². The van der Waals surface area contributed by atoms with Crippen molar-refractivity contribution in [3.63, 3.8) is 0 Å². The number of rotatable bonds is 3. The van der Waals surface area contributed by atoms with Gasteiger partial charge in [0.15, 0.2) is 4.84 Å². The molecule has 0 radical (unpaired) electrons. The van der Waals surface area contributed by atoms with Gasteiger partial charge in [-0.15, -0.1) is 0 Å². The van der Waals surface area contributed by atoms with Crippen molar-refractivity contribution in [3.05, 3.63) is 24.3 Å². The van der Waals surface area contributed by atoms with E-state index in [0.717, 1.165) is 0 Å². The maximum Gasteiger partial charge on any atom is 0.253 e. The number of hydrogen-bond donors (Lipinski definition) is 1. The van der Waals surface area contributed by atoms with Crippen molar-refractivity contribution < 1.29 is 4.79 Å². The fourth-order valence-corrected chi connectivity index (χ4v) is 1.39. The van der Waals surface area contributed by atoms with Crippen LogP contribution in [0.25, 0.3) is 0 Å². The average molecular weight is 245 g/mol. The monoisotopic (exact) mass is 244 g/mol. The largest absolute Gasteiger partial charge is 0.352 e. The van der Waals surface area contributed by atoms with Crippen molar-refractivity contribution in [3.8, 4) is 6.07 Å². The highest BCUT2D eigenvalue weighted by Gasteiger charge is 2.28. The molecule has 5 heteroatoms. The molecule has 0 aromatic carbocycles. The first-order valence-electron chi connectivity index (χ1n) is 4.41. The van der Waals surface area contributed by atoms with Crippen LogP contribution in [0.4, 0.5) is 0 Å². The topological polar surface area (TPSA) is 52.9 Å². The molecule has 1 aliphatic carbocycles. The van der Waals surface area contributed by atoms with Crippen LogP contribution in [0.15, 0.2) is 24.3 Å². The molecule has 1 atom stereocenters. The van der Waals surface area contributed by atoms with E-state index < -0.39 is 16.2 Å². The van der Waals surface area contributed by atoms with Crippen LogP contribution in [0.5, 0.6) is 0 Å². The minimum absolute atomic E-state index is 0.221. The molecular weight excluding hydrogens is 235 g/mol. The predicted molar refractivity (Wildman–Crippen MR) is 59.4 cm³/mol. The van der Waals surface area contributed by atoms with Crippen molar-refractivity contribution in [1.29, 1.82) is 5.26 Å². The van der Waals surface area contributed by atoms with E-state index in [9.17, 15) is 4.79 Å². The molecule has 0 aromatic heterocycles. The molecule has 1 N–H and O–H groups in total. The number of halogens is 2. The zero-order valence-corrected chi connectivity index (χ0v) is 9.42. The summed E-state index contributed by atoms with van der Waals surface area (Å²) in [7, 11) is 0. The van der Waals surface area contributed by atoms with Gasteiger partial charge in [0.05, 0.1) is 11.5 Å². The van der Waals surface area contributed by atoms with Gasteiger partial charge >= 0.3 is 0 Å². The lowest BCUT2D eigenvalue weighted by atomic mass is 9.83. The van der Waals surface area contributed by atoms with E-state index in [-0.39, 0.29) is 6.54 Å². The van der Waals surface area contributed by atoms with Gasteiger partial charge in [0.1, 0.15) is 0 Å². The molecule has 0 spiro atoms. The standard InChI is InChI=1S/C10H10Cl2N2O/c11-8(12)9(15)14-7-10(6-13)4-2-1-3-5-10/h1-4,8H,5,7H2,(H,14,15). The van der Waals surface area contributed by atoms with Gasteiger partial charge in [-0.1, -0.05) is 47.5 Å². The smallest absolute Gasteiger partial charge is 0.253 e. The highest BCUT2D eigenvalue weighted by atomic mass is 35.5. The predicted octanol–water partition coefficient (Wildman–Crippen LogP) is 1.93. The van der Waals surface area contributed by atoms with Crippen molar-refractivity contribution in [2.24, 2.45) is 5.41 Å². The van der Waals surface area contributed by atoms with Gasteiger partial charge in [-0.05, 0) is 6.42 Å². The zero-order chi connectivity index (χ0) is 11.3. The van der Waals surface area contributed by atoms with Gasteiger partial charge in [0.25, 0.3) is 5.91 Å². The molecule has 0 saturated heterocycles. The lowest BCUT2D eigenvalue weighted by Crippen LogP contribution is -2.38. The van der Waals surface area contributed by atoms with Crippen LogP contribution in [0.1, 0.15) is 6.42 Å². The van der Waals surface area contributed by atoms with E-state index in [4.69, 9.17) is 28.5 Å². The van der Waals surface area contributed by atoms with Crippen molar-refractivity contribution in [1.82, 2.24) is 5.32 Å². The van der Waals surface area contributed by atoms with Crippen LogP contribution in [0.3, 0.4) is 0 Å². The van der Waals surface area contributed by atoms with Crippen LogP contribution >= 0.6 is 23.2 Å². The SMILES string of the molecule is N#CC1(CNC(=O)C(Cl)Cl)C=CC=CC1. The molecule has 0 fully saturated rings. The molecule has 3 nitrogen and oxygen atoms in total. The number of amides is 1. The number of allylic oxidation sites excluding steroid dienone is 3. The minimum atomic E-state index is -1.09. The second-order valence-corrected chi connectivity index (χ2v) is 4.37. The molecular formula is C10H10Cl2N2O. The van der Waals surface area contributed by atoms with Crippen LogP contribution in [0.2, 0.25) is 0 Å². The van der Waals surface area contributed by atoms with E-state index in [1.165, 1.54) is 0 Å². The van der Waals surface area contributed by atoms with Crippen LogP contribution in [-0.2, 0) is 4.79 Å². The summed E-state index contributed by atoms with van der Waals surface area (Å²) in [6, 6.07) is 2.17. The van der Waals surface area contributed by atoms with Crippen LogP contribution < -0.4 is 5.32 Å². The molecule has 0 heterocycles. The van der Waals surface area contributed by atoms with Gasteiger partial charge < -0.3 is 5.32 Å². The lowest BCUT2D eigenvalue weighted by Gasteiger charge is -2.23. The first kappa shape index (κ1) is 12.1. The van der Waals surface area contributed by atoms with Gasteiger partial charge in [-0.25, -0.2) is 0 Å². The molecule has 1 unspecified atom stereocenters. The fourth-order valence-electron chi connectivity index (χ4n) is 1.24. The summed E-state index contributed by atoms with van der Waals surface area (Å²) in [5, 5.41) is 11.6. The number of hydrogen-bond acceptors (Lipinski definition) is 2. The lowest BCUT2D eigenvalue weighted by molar-refractivity contribution is -0.119. The maximum atomic E-state index is 11.1. The Bertz CT molecular complexity index is 344. The minimum Gasteiger partial charge on any atom is -0.352 e. The number of carbonyl (C=O) groups is 1. The van der Waals surface area contributed by atoms with Crippen molar-refractivity contribution in [2.45, 2.75) is 11.3 Å². The molecule has 1 rings (SSSR count). The second kappa shape index (κ2) is 5.20. The van der Waals surface area contributed by atoms with E-state index in [0.29, 0.717) is 6.42 Å². The molecule has 80 valence electrons. The van der Waals surface area contributed by atoms with Crippen LogP contribution in [0, 0.1) is 16.7 Å². The summed E-state index contributed by atoms with van der Waals surface area (Å²) in [4.78, 5) is 10.0. The number of nitrogens with one attached hydrogen (secondary N) is 1. The molecule has 0 saturated carbocycles. The third kappa shape index (κ3) is 3.26. The molecule has 0 aromatic rings. The Morgan fingerprint density at radius 3 is 2.80 bits per heavy atom. The van der Waals surface area contributed by atoms with Crippen molar-refractivity contribution >= 4 is 29.1 Å². The normalized spacial score (nSPS) is 23.9. The average Bonchev–Trinajstić information content (AvgIpc) is 2.27. The summed E-state index contributed by atoms with van der Waals surface area (Å²) in [6.07, 6.45) is 7.88. The number of alkyl halides is 2. The Morgan fingerprint density at radius 2 is 2.33 bits per heavy atom. The number of nitrogens with zero attached hydrogens (tertiary/aromatic N) is 1. The summed E-state index contributed by atoms with van der Waals surface area (Å²) >= 11 is 10.7.